The first-order valence-electron chi connectivity index (χ1n) is 5.60. The minimum absolute atomic E-state index is 0.0412. The summed E-state index contributed by atoms with van der Waals surface area (Å²) in [6.07, 6.45) is 0.786. The summed E-state index contributed by atoms with van der Waals surface area (Å²) in [7, 11) is 0. The largest absolute Gasteiger partial charge is 0.377 e. The van der Waals surface area contributed by atoms with Gasteiger partial charge in [-0.2, -0.15) is 0 Å². The third kappa shape index (κ3) is 4.45. The van der Waals surface area contributed by atoms with Gasteiger partial charge in [0.1, 0.15) is 0 Å². The Labute approximate surface area is 112 Å². The van der Waals surface area contributed by atoms with E-state index in [1.807, 2.05) is 26.0 Å². The predicted molar refractivity (Wildman–Crippen MR) is 72.4 cm³/mol. The van der Waals surface area contributed by atoms with Crippen LogP contribution in [0.4, 0.5) is 0 Å². The number of hydrazine groups is 1. The Balaban J connectivity index is 2.70. The first kappa shape index (κ1) is 14.7. The second-order valence-electron chi connectivity index (χ2n) is 3.89. The molecular weight excluding hydrogens is 259 g/mol. The van der Waals surface area contributed by atoms with Gasteiger partial charge in [-0.1, -0.05) is 29.3 Å². The van der Waals surface area contributed by atoms with E-state index in [1.165, 1.54) is 0 Å². The first-order chi connectivity index (χ1) is 8.08. The van der Waals surface area contributed by atoms with Gasteiger partial charge in [-0.15, -0.1) is 0 Å². The molecule has 0 aliphatic rings. The highest BCUT2D eigenvalue weighted by atomic mass is 35.5. The zero-order chi connectivity index (χ0) is 12.8. The lowest BCUT2D eigenvalue weighted by molar-refractivity contribution is 0.0476. The van der Waals surface area contributed by atoms with Crippen LogP contribution in [0.3, 0.4) is 0 Å². The fraction of sp³-hybridized carbons (Fsp3) is 0.500. The Bertz CT molecular complexity index is 360. The standard InChI is InChI=1S/C12H18Cl2N2O/c1-3-17-8(2)12(16-15)7-9-4-5-10(13)11(14)6-9/h4-6,8,12,16H,3,7,15H2,1-2H3. The minimum Gasteiger partial charge on any atom is -0.377 e. The van der Waals surface area contributed by atoms with Crippen molar-refractivity contribution in [1.82, 2.24) is 5.43 Å². The summed E-state index contributed by atoms with van der Waals surface area (Å²) in [5.74, 6) is 5.53. The van der Waals surface area contributed by atoms with Crippen molar-refractivity contribution in [3.05, 3.63) is 33.8 Å². The normalized spacial score (nSPS) is 14.6. The molecule has 0 radical (unpaired) electrons. The number of hydrogen-bond donors (Lipinski definition) is 2. The van der Waals surface area contributed by atoms with Crippen LogP contribution in [0.2, 0.25) is 10.0 Å². The van der Waals surface area contributed by atoms with Crippen molar-refractivity contribution < 1.29 is 4.74 Å². The molecule has 0 spiro atoms. The zero-order valence-corrected chi connectivity index (χ0v) is 11.6. The monoisotopic (exact) mass is 276 g/mol. The molecule has 1 aromatic carbocycles. The lowest BCUT2D eigenvalue weighted by Gasteiger charge is -2.23. The van der Waals surface area contributed by atoms with Crippen molar-refractivity contribution in [2.75, 3.05) is 6.61 Å². The summed E-state index contributed by atoms with van der Waals surface area (Å²) < 4.78 is 5.52. The van der Waals surface area contributed by atoms with Gasteiger partial charge in [-0.25, -0.2) is 0 Å². The highest BCUT2D eigenvalue weighted by molar-refractivity contribution is 6.42. The van der Waals surface area contributed by atoms with Crippen molar-refractivity contribution >= 4 is 23.2 Å². The van der Waals surface area contributed by atoms with Gasteiger partial charge in [0.05, 0.1) is 22.2 Å². The molecule has 96 valence electrons. The van der Waals surface area contributed by atoms with Gasteiger partial charge in [0.2, 0.25) is 0 Å². The molecule has 17 heavy (non-hydrogen) atoms. The Morgan fingerprint density at radius 3 is 2.59 bits per heavy atom. The van der Waals surface area contributed by atoms with E-state index in [1.54, 1.807) is 6.07 Å². The topological polar surface area (TPSA) is 47.3 Å². The number of ether oxygens (including phenoxy) is 1. The molecule has 3 N–H and O–H groups in total. The Kier molecular flexibility index (Phi) is 6.23. The second kappa shape index (κ2) is 7.19. The minimum atomic E-state index is 0.0412. The molecule has 0 fully saturated rings. The molecule has 3 nitrogen and oxygen atoms in total. The maximum absolute atomic E-state index is 5.97. The highest BCUT2D eigenvalue weighted by Gasteiger charge is 2.16. The van der Waals surface area contributed by atoms with Crippen LogP contribution in [0.1, 0.15) is 19.4 Å². The van der Waals surface area contributed by atoms with Crippen LogP contribution in [0.25, 0.3) is 0 Å². The van der Waals surface area contributed by atoms with Crippen molar-refractivity contribution in [2.24, 2.45) is 5.84 Å². The Morgan fingerprint density at radius 2 is 2.06 bits per heavy atom. The van der Waals surface area contributed by atoms with Gasteiger partial charge in [-0.3, -0.25) is 11.3 Å². The van der Waals surface area contributed by atoms with Gasteiger partial charge >= 0.3 is 0 Å². The second-order valence-corrected chi connectivity index (χ2v) is 4.70. The van der Waals surface area contributed by atoms with E-state index in [0.717, 1.165) is 12.0 Å². The molecule has 0 aliphatic heterocycles. The lowest BCUT2D eigenvalue weighted by atomic mass is 10.0. The van der Waals surface area contributed by atoms with E-state index in [9.17, 15) is 0 Å². The van der Waals surface area contributed by atoms with Crippen molar-refractivity contribution in [3.63, 3.8) is 0 Å². The average Bonchev–Trinajstić information content (AvgIpc) is 2.30. The van der Waals surface area contributed by atoms with Crippen LogP contribution in [0, 0.1) is 0 Å². The number of hydrogen-bond acceptors (Lipinski definition) is 3. The number of nitrogens with two attached hydrogens (primary N) is 1. The number of nitrogens with one attached hydrogen (secondary N) is 1. The maximum atomic E-state index is 5.97. The van der Waals surface area contributed by atoms with Gasteiger partial charge < -0.3 is 4.74 Å². The smallest absolute Gasteiger partial charge is 0.0716 e. The van der Waals surface area contributed by atoms with Crippen LogP contribution < -0.4 is 11.3 Å². The van der Waals surface area contributed by atoms with Crippen molar-refractivity contribution in [3.8, 4) is 0 Å². The Morgan fingerprint density at radius 1 is 1.35 bits per heavy atom. The SMILES string of the molecule is CCOC(C)C(Cc1ccc(Cl)c(Cl)c1)NN. The van der Waals surface area contributed by atoms with E-state index in [2.05, 4.69) is 5.43 Å². The van der Waals surface area contributed by atoms with E-state index in [-0.39, 0.29) is 12.1 Å². The predicted octanol–water partition coefficient (Wildman–Crippen LogP) is 2.79. The average molecular weight is 277 g/mol. The molecule has 0 bridgehead atoms. The quantitative estimate of drug-likeness (QED) is 0.621. The molecule has 2 atom stereocenters. The van der Waals surface area contributed by atoms with Crippen LogP contribution in [-0.2, 0) is 11.2 Å². The number of benzene rings is 1. The highest BCUT2D eigenvalue weighted by Crippen LogP contribution is 2.23. The van der Waals surface area contributed by atoms with Crippen molar-refractivity contribution in [1.29, 1.82) is 0 Å². The molecule has 0 aliphatic carbocycles. The molecule has 0 saturated carbocycles. The lowest BCUT2D eigenvalue weighted by Crippen LogP contribution is -2.45. The van der Waals surface area contributed by atoms with Crippen LogP contribution >= 0.6 is 23.2 Å². The summed E-state index contributed by atoms with van der Waals surface area (Å²) in [5.41, 5.74) is 3.85. The molecule has 1 rings (SSSR count). The van der Waals surface area contributed by atoms with E-state index < -0.39 is 0 Å². The molecule has 0 saturated heterocycles. The fourth-order valence-corrected chi connectivity index (χ4v) is 1.98. The fourth-order valence-electron chi connectivity index (χ4n) is 1.66. The molecule has 2 unspecified atom stereocenters. The van der Waals surface area contributed by atoms with E-state index >= 15 is 0 Å². The van der Waals surface area contributed by atoms with Crippen LogP contribution in [0.15, 0.2) is 18.2 Å². The van der Waals surface area contributed by atoms with E-state index in [0.29, 0.717) is 16.7 Å². The van der Waals surface area contributed by atoms with Crippen LogP contribution in [-0.4, -0.2) is 18.8 Å². The summed E-state index contributed by atoms with van der Waals surface area (Å²) in [6, 6.07) is 5.63. The molecule has 0 aromatic heterocycles. The summed E-state index contributed by atoms with van der Waals surface area (Å²) >= 11 is 11.8. The summed E-state index contributed by atoms with van der Waals surface area (Å²) in [5, 5.41) is 1.12. The Hall–Kier alpha value is -0.320. The molecule has 0 heterocycles. The van der Waals surface area contributed by atoms with Gasteiger partial charge in [0, 0.05) is 6.61 Å². The number of halogens is 2. The molecular formula is C12H18Cl2N2O. The molecule has 5 heteroatoms. The van der Waals surface area contributed by atoms with Gasteiger partial charge in [0.15, 0.2) is 0 Å². The number of rotatable bonds is 6. The molecule has 1 aromatic rings. The zero-order valence-electron chi connectivity index (χ0n) is 10.0. The van der Waals surface area contributed by atoms with E-state index in [4.69, 9.17) is 33.8 Å². The molecule has 0 amide bonds. The summed E-state index contributed by atoms with van der Waals surface area (Å²) in [6.45, 7) is 4.62. The maximum Gasteiger partial charge on any atom is 0.0716 e. The third-order valence-electron chi connectivity index (χ3n) is 2.65. The van der Waals surface area contributed by atoms with Gasteiger partial charge in [0.25, 0.3) is 0 Å². The van der Waals surface area contributed by atoms with Gasteiger partial charge in [-0.05, 0) is 38.0 Å². The summed E-state index contributed by atoms with van der Waals surface area (Å²) in [4.78, 5) is 0. The first-order valence-corrected chi connectivity index (χ1v) is 6.35. The van der Waals surface area contributed by atoms with Crippen molar-refractivity contribution in [2.45, 2.75) is 32.4 Å². The van der Waals surface area contributed by atoms with Crippen LogP contribution in [0.5, 0.6) is 0 Å². The third-order valence-corrected chi connectivity index (χ3v) is 3.39.